The second kappa shape index (κ2) is 5.42. The van der Waals surface area contributed by atoms with Crippen molar-refractivity contribution in [1.82, 2.24) is 0 Å². The summed E-state index contributed by atoms with van der Waals surface area (Å²) in [6.07, 6.45) is 0. The number of methoxy groups -OCH3 is 1. The molecule has 1 aromatic carbocycles. The molecule has 5 heteroatoms. The second-order valence-electron chi connectivity index (χ2n) is 3.00. The highest BCUT2D eigenvalue weighted by Gasteiger charge is 2.15. The van der Waals surface area contributed by atoms with Crippen LogP contribution in [0.3, 0.4) is 0 Å². The van der Waals surface area contributed by atoms with Gasteiger partial charge in [0.15, 0.2) is 0 Å². The Bertz CT molecular complexity index is 545. The van der Waals surface area contributed by atoms with E-state index in [-0.39, 0.29) is 23.3 Å². The normalized spacial score (nSPS) is 8.65. The van der Waals surface area contributed by atoms with Crippen LogP contribution < -0.4 is 0 Å². The molecule has 1 aromatic rings. The van der Waals surface area contributed by atoms with E-state index in [2.05, 4.69) is 11.8 Å². The number of benzene rings is 1. The maximum absolute atomic E-state index is 9.46. The summed E-state index contributed by atoms with van der Waals surface area (Å²) >= 11 is 0. The summed E-state index contributed by atoms with van der Waals surface area (Å²) in [5.74, 6) is 4.26. The first-order valence-corrected chi connectivity index (χ1v) is 4.52. The first-order valence-electron chi connectivity index (χ1n) is 4.52. The summed E-state index contributed by atoms with van der Waals surface area (Å²) in [6, 6.07) is 4.42. The molecule has 0 unspecified atom stereocenters. The van der Waals surface area contributed by atoms with Gasteiger partial charge in [0, 0.05) is 13.2 Å². The van der Waals surface area contributed by atoms with E-state index in [0.717, 1.165) is 6.07 Å². The number of ether oxygens (including phenoxy) is 1. The molecule has 0 spiro atoms. The molecule has 5 nitrogen and oxygen atoms in total. The van der Waals surface area contributed by atoms with Gasteiger partial charge in [0.2, 0.25) is 0 Å². The monoisotopic (exact) mass is 228 g/mol. The van der Waals surface area contributed by atoms with Crippen molar-refractivity contribution in [1.29, 1.82) is 10.5 Å². The Hall–Kier alpha value is -2.68. The first-order chi connectivity index (χ1) is 8.15. The lowest BCUT2D eigenvalue weighted by molar-refractivity contribution is 0.240. The number of hydrogen-bond acceptors (Lipinski definition) is 5. The van der Waals surface area contributed by atoms with Gasteiger partial charge in [-0.15, -0.1) is 0 Å². The van der Waals surface area contributed by atoms with E-state index in [1.54, 1.807) is 12.1 Å². The zero-order valence-corrected chi connectivity index (χ0v) is 8.98. The van der Waals surface area contributed by atoms with Crippen LogP contribution >= 0.6 is 0 Å². The van der Waals surface area contributed by atoms with Crippen molar-refractivity contribution in [2.24, 2.45) is 0 Å². The molecule has 0 radical (unpaired) electrons. The summed E-state index contributed by atoms with van der Waals surface area (Å²) in [7, 11) is 1.45. The standard InChI is InChI=1S/C12H8N2O3/c1-17-4-2-3-8-9(6-13)11(15)5-12(16)10(8)7-14/h5,15-16H,4H2,1H3. The smallest absolute Gasteiger partial charge is 0.138 e. The van der Waals surface area contributed by atoms with Crippen LogP contribution in [0.4, 0.5) is 0 Å². The van der Waals surface area contributed by atoms with Gasteiger partial charge in [-0.25, -0.2) is 0 Å². The summed E-state index contributed by atoms with van der Waals surface area (Å²) in [5, 5.41) is 36.6. The van der Waals surface area contributed by atoms with Crippen molar-refractivity contribution in [3.63, 3.8) is 0 Å². The van der Waals surface area contributed by atoms with Crippen LogP contribution in [0, 0.1) is 34.5 Å². The third kappa shape index (κ3) is 2.46. The number of nitrogens with zero attached hydrogens (tertiary/aromatic N) is 2. The van der Waals surface area contributed by atoms with Gasteiger partial charge in [0.25, 0.3) is 0 Å². The van der Waals surface area contributed by atoms with Crippen LogP contribution in [0.1, 0.15) is 16.7 Å². The van der Waals surface area contributed by atoms with E-state index >= 15 is 0 Å². The Balaban J connectivity index is 3.51. The Morgan fingerprint density at radius 2 is 1.65 bits per heavy atom. The molecule has 0 amide bonds. The Kier molecular flexibility index (Phi) is 3.95. The fraction of sp³-hybridized carbons (Fsp3) is 0.167. The van der Waals surface area contributed by atoms with E-state index < -0.39 is 11.5 Å². The number of phenols is 2. The molecule has 2 N–H and O–H groups in total. The molecule has 0 saturated carbocycles. The third-order valence-electron chi connectivity index (χ3n) is 1.94. The quantitative estimate of drug-likeness (QED) is 0.694. The van der Waals surface area contributed by atoms with E-state index in [4.69, 9.17) is 15.3 Å². The highest BCUT2D eigenvalue weighted by molar-refractivity contribution is 5.66. The Labute approximate surface area is 98.1 Å². The minimum atomic E-state index is -0.411. The summed E-state index contributed by atoms with van der Waals surface area (Å²) in [6.45, 7) is 0.117. The van der Waals surface area contributed by atoms with Crippen LogP contribution in [-0.4, -0.2) is 23.9 Å². The average Bonchev–Trinajstić information content (AvgIpc) is 2.29. The molecule has 0 atom stereocenters. The molecule has 0 fully saturated rings. The number of aromatic hydroxyl groups is 2. The number of phenolic OH excluding ortho intramolecular Hbond substituents is 2. The molecule has 0 heterocycles. The van der Waals surface area contributed by atoms with Crippen molar-refractivity contribution in [3.05, 3.63) is 22.8 Å². The van der Waals surface area contributed by atoms with Crippen molar-refractivity contribution < 1.29 is 14.9 Å². The molecule has 1 rings (SSSR count). The molecule has 0 aliphatic heterocycles. The van der Waals surface area contributed by atoms with Crippen molar-refractivity contribution in [2.45, 2.75) is 0 Å². The number of rotatable bonds is 1. The minimum absolute atomic E-state index is 0.00421. The summed E-state index contributed by atoms with van der Waals surface area (Å²) in [5.41, 5.74) is -0.268. The van der Waals surface area contributed by atoms with Gasteiger partial charge < -0.3 is 14.9 Å². The van der Waals surface area contributed by atoms with Gasteiger partial charge in [-0.05, 0) is 0 Å². The lowest BCUT2D eigenvalue weighted by atomic mass is 10.0. The molecule has 84 valence electrons. The van der Waals surface area contributed by atoms with Crippen LogP contribution in [0.2, 0.25) is 0 Å². The maximum Gasteiger partial charge on any atom is 0.138 e. The zero-order valence-electron chi connectivity index (χ0n) is 8.98. The van der Waals surface area contributed by atoms with Gasteiger partial charge in [-0.3, -0.25) is 0 Å². The fourth-order valence-electron chi connectivity index (χ4n) is 1.20. The van der Waals surface area contributed by atoms with Crippen LogP contribution in [-0.2, 0) is 4.74 Å². The topological polar surface area (TPSA) is 97.3 Å². The lowest BCUT2D eigenvalue weighted by Gasteiger charge is -2.04. The summed E-state index contributed by atoms with van der Waals surface area (Å²) < 4.78 is 4.71. The molecule has 0 aliphatic rings. The van der Waals surface area contributed by atoms with E-state index in [9.17, 15) is 10.2 Å². The predicted octanol–water partition coefficient (Wildman–Crippen LogP) is 0.839. The van der Waals surface area contributed by atoms with Gasteiger partial charge >= 0.3 is 0 Å². The average molecular weight is 228 g/mol. The van der Waals surface area contributed by atoms with Crippen LogP contribution in [0.15, 0.2) is 6.07 Å². The fourth-order valence-corrected chi connectivity index (χ4v) is 1.20. The molecule has 0 bridgehead atoms. The highest BCUT2D eigenvalue weighted by atomic mass is 16.5. The molecule has 0 saturated heterocycles. The predicted molar refractivity (Wildman–Crippen MR) is 58.0 cm³/mol. The number of hydrogen-bond donors (Lipinski definition) is 2. The third-order valence-corrected chi connectivity index (χ3v) is 1.94. The molecular formula is C12H8N2O3. The first kappa shape index (κ1) is 12.4. The maximum atomic E-state index is 9.46. The van der Waals surface area contributed by atoms with Crippen molar-refractivity contribution >= 4 is 0 Å². The van der Waals surface area contributed by atoms with Gasteiger partial charge in [-0.1, -0.05) is 11.8 Å². The van der Waals surface area contributed by atoms with E-state index in [1.165, 1.54) is 7.11 Å². The number of nitriles is 2. The van der Waals surface area contributed by atoms with E-state index in [1.807, 2.05) is 0 Å². The SMILES string of the molecule is COCC#Cc1c(C#N)c(O)cc(O)c1C#N. The zero-order chi connectivity index (χ0) is 12.8. The Morgan fingerprint density at radius 1 is 1.12 bits per heavy atom. The van der Waals surface area contributed by atoms with Crippen LogP contribution in [0.25, 0.3) is 0 Å². The lowest BCUT2D eigenvalue weighted by Crippen LogP contribution is -1.92. The minimum Gasteiger partial charge on any atom is -0.506 e. The molecular weight excluding hydrogens is 220 g/mol. The largest absolute Gasteiger partial charge is 0.506 e. The molecule has 17 heavy (non-hydrogen) atoms. The van der Waals surface area contributed by atoms with Gasteiger partial charge in [0.05, 0.1) is 5.56 Å². The van der Waals surface area contributed by atoms with E-state index in [0.29, 0.717) is 0 Å². The van der Waals surface area contributed by atoms with Crippen molar-refractivity contribution in [3.8, 4) is 35.5 Å². The van der Waals surface area contributed by atoms with Gasteiger partial charge in [-0.2, -0.15) is 10.5 Å². The van der Waals surface area contributed by atoms with Crippen molar-refractivity contribution in [2.75, 3.05) is 13.7 Å². The van der Waals surface area contributed by atoms with Crippen LogP contribution in [0.5, 0.6) is 11.5 Å². The highest BCUT2D eigenvalue weighted by Crippen LogP contribution is 2.30. The second-order valence-corrected chi connectivity index (χ2v) is 3.00. The molecule has 0 aliphatic carbocycles. The summed E-state index contributed by atoms with van der Waals surface area (Å²) in [4.78, 5) is 0. The van der Waals surface area contributed by atoms with Gasteiger partial charge in [0.1, 0.15) is 41.4 Å². The Morgan fingerprint density at radius 3 is 2.06 bits per heavy atom. The molecule has 0 aromatic heterocycles.